The molecule has 5 fully saturated rings. The molecular formula is C44H60F2N10O4. The summed E-state index contributed by atoms with van der Waals surface area (Å²) in [6.45, 7) is 11.5. The Hall–Kier alpha value is -5.22. The molecule has 3 amide bonds. The highest BCUT2D eigenvalue weighted by Gasteiger charge is 2.42. The van der Waals surface area contributed by atoms with E-state index in [0.717, 1.165) is 105 Å². The van der Waals surface area contributed by atoms with Gasteiger partial charge >= 0.3 is 0 Å². The lowest BCUT2D eigenvalue weighted by atomic mass is 9.94. The lowest BCUT2D eigenvalue weighted by molar-refractivity contribution is -0.136. The van der Waals surface area contributed by atoms with Crippen molar-refractivity contribution in [1.82, 2.24) is 40.2 Å². The van der Waals surface area contributed by atoms with E-state index in [0.29, 0.717) is 22.7 Å². The number of aromatic nitrogens is 4. The summed E-state index contributed by atoms with van der Waals surface area (Å²) < 4.78 is 21.6. The normalized spacial score (nSPS) is 22.2. The molecule has 4 saturated heterocycles. The van der Waals surface area contributed by atoms with E-state index in [1.165, 1.54) is 37.3 Å². The van der Waals surface area contributed by atoms with Gasteiger partial charge in [0, 0.05) is 77.7 Å². The van der Waals surface area contributed by atoms with Crippen molar-refractivity contribution in [3.8, 4) is 17.1 Å². The standard InChI is InChI=1S/C24H31FN4O3.C20H24N6O.FH.2H2/c25-22-18-15-29(20-6-7-21(30)26-23(20)31)24(32)17(18)4-5-19(22)28-12-8-16(9-13-28)14-27-10-2-1-3-11-27;1-20(5-6-20)27-14-3-4-16-15(11-14)19(24-23-16)17-12-18(22-13-21-17)26-9-7-25(2)8-10-26;;;/h4-5,16,20H,1-3,6-15H2,(H,26,30,31);3-4,11-13H,5-10H2,1-2H3,(H,23,24);3*1H. The predicted octanol–water partition coefficient (Wildman–Crippen LogP) is 5.64. The van der Waals surface area contributed by atoms with E-state index >= 15 is 4.39 Å². The third-order valence-corrected chi connectivity index (χ3v) is 13.1. The van der Waals surface area contributed by atoms with Gasteiger partial charge in [-0.25, -0.2) is 14.4 Å². The van der Waals surface area contributed by atoms with Gasteiger partial charge in [-0.1, -0.05) is 6.42 Å². The minimum Gasteiger partial charge on any atom is -0.488 e. The monoisotopic (exact) mass is 830 g/mol. The van der Waals surface area contributed by atoms with E-state index in [1.54, 1.807) is 18.5 Å². The Morgan fingerprint density at radius 1 is 0.900 bits per heavy atom. The Kier molecular flexibility index (Phi) is 12.0. The second kappa shape index (κ2) is 17.4. The van der Waals surface area contributed by atoms with Crippen LogP contribution < -0.4 is 19.9 Å². The van der Waals surface area contributed by atoms with Gasteiger partial charge in [-0.3, -0.25) is 29.5 Å². The van der Waals surface area contributed by atoms with Crippen LogP contribution in [0, 0.1) is 11.7 Å². The van der Waals surface area contributed by atoms with Crippen LogP contribution in [0.2, 0.25) is 0 Å². The van der Waals surface area contributed by atoms with E-state index in [1.807, 2.05) is 18.2 Å². The van der Waals surface area contributed by atoms with Crippen LogP contribution in [0.15, 0.2) is 42.7 Å². The van der Waals surface area contributed by atoms with Crippen molar-refractivity contribution in [1.29, 1.82) is 0 Å². The number of carbonyl (C=O) groups excluding carboxylic acids is 3. The highest BCUT2D eigenvalue weighted by molar-refractivity contribution is 6.05. The molecule has 1 aliphatic carbocycles. The molecule has 1 saturated carbocycles. The Balaban J connectivity index is 0.000000200. The molecule has 2 aromatic heterocycles. The van der Waals surface area contributed by atoms with Crippen LogP contribution in [-0.4, -0.2) is 130 Å². The van der Waals surface area contributed by atoms with Gasteiger partial charge in [0.15, 0.2) is 5.82 Å². The largest absolute Gasteiger partial charge is 0.488 e. The number of likely N-dealkylation sites (N-methyl/N-ethyl adjacent to an activating group) is 1. The third-order valence-electron chi connectivity index (χ3n) is 13.1. The van der Waals surface area contributed by atoms with Crippen molar-refractivity contribution in [2.45, 2.75) is 82.9 Å². The zero-order valence-corrected chi connectivity index (χ0v) is 34.6. The predicted molar refractivity (Wildman–Crippen MR) is 230 cm³/mol. The van der Waals surface area contributed by atoms with Crippen LogP contribution >= 0.6 is 0 Å². The fourth-order valence-corrected chi connectivity index (χ4v) is 9.20. The van der Waals surface area contributed by atoms with Gasteiger partial charge in [0.2, 0.25) is 11.8 Å². The lowest BCUT2D eigenvalue weighted by Gasteiger charge is -2.37. The number of halogens is 2. The molecule has 0 radical (unpaired) electrons. The minimum absolute atomic E-state index is 0. The molecule has 0 bridgehead atoms. The molecule has 1 unspecified atom stereocenters. The average molecular weight is 831 g/mol. The van der Waals surface area contributed by atoms with E-state index in [9.17, 15) is 14.4 Å². The molecular weight excluding hydrogens is 771 g/mol. The summed E-state index contributed by atoms with van der Waals surface area (Å²) in [5.41, 5.74) is 3.91. The minimum atomic E-state index is -0.721. The number of imide groups is 1. The number of rotatable bonds is 8. The highest BCUT2D eigenvalue weighted by Crippen LogP contribution is 2.41. The first kappa shape index (κ1) is 41.5. The van der Waals surface area contributed by atoms with Crippen LogP contribution in [0.25, 0.3) is 22.3 Å². The quantitative estimate of drug-likeness (QED) is 0.213. The van der Waals surface area contributed by atoms with Crippen LogP contribution in [0.1, 0.15) is 83.5 Å². The molecule has 14 nitrogen and oxygen atoms in total. The Morgan fingerprint density at radius 2 is 1.67 bits per heavy atom. The van der Waals surface area contributed by atoms with Crippen LogP contribution in [0.4, 0.5) is 20.6 Å². The Morgan fingerprint density at radius 3 is 2.40 bits per heavy atom. The molecule has 0 spiro atoms. The van der Waals surface area contributed by atoms with Crippen LogP contribution in [-0.2, 0) is 16.1 Å². The van der Waals surface area contributed by atoms with E-state index in [4.69, 9.17) is 4.74 Å². The topological polar surface area (TPSA) is 143 Å². The van der Waals surface area contributed by atoms with Gasteiger partial charge in [0.1, 0.15) is 35.2 Å². The van der Waals surface area contributed by atoms with E-state index in [-0.39, 0.29) is 50.2 Å². The van der Waals surface area contributed by atoms with Gasteiger partial charge in [0.05, 0.1) is 23.4 Å². The highest BCUT2D eigenvalue weighted by atomic mass is 19.1. The summed E-state index contributed by atoms with van der Waals surface area (Å²) in [7, 11) is 2.15. The fraction of sp³-hybridized carbons (Fsp3) is 0.545. The number of piperazine rings is 1. The Bertz CT molecular complexity index is 2220. The van der Waals surface area contributed by atoms with Crippen molar-refractivity contribution in [3.05, 3.63) is 59.7 Å². The second-order valence-electron chi connectivity index (χ2n) is 17.5. The first-order valence-electron chi connectivity index (χ1n) is 21.5. The maximum Gasteiger partial charge on any atom is 0.255 e. The number of hydrogen-bond donors (Lipinski definition) is 2. The average Bonchev–Trinajstić information content (AvgIpc) is 3.66. The molecule has 5 aliphatic heterocycles. The zero-order chi connectivity index (χ0) is 40.7. The van der Waals surface area contributed by atoms with Crippen molar-refractivity contribution in [2.75, 3.05) is 75.8 Å². The molecule has 6 aliphatic rings. The number of hydrogen-bond acceptors (Lipinski definition) is 11. The SMILES string of the molecule is CN1CCN(c2cc(-c3n[nH]c4ccc(OC5(C)CC5)cc34)ncn2)CC1.F.O=C1CCC(N2Cc3c(ccc(N4CCC(CN5CCCCC5)CC4)c3F)C2=O)C(=O)N1.[HH].[HH]. The smallest absolute Gasteiger partial charge is 0.255 e. The first-order chi connectivity index (χ1) is 28.6. The number of fused-ring (bicyclic) bond motifs is 2. The summed E-state index contributed by atoms with van der Waals surface area (Å²) in [5, 5.41) is 10.9. The first-order valence-corrected chi connectivity index (χ1v) is 21.5. The second-order valence-corrected chi connectivity index (χ2v) is 17.5. The summed E-state index contributed by atoms with van der Waals surface area (Å²) in [5.74, 6) is 1.03. The van der Waals surface area contributed by atoms with Crippen molar-refractivity contribution in [2.24, 2.45) is 5.92 Å². The number of likely N-dealkylation sites (tertiary alicyclic amines) is 1. The molecule has 4 aromatic rings. The number of anilines is 2. The number of nitrogens with zero attached hydrogens (tertiary/aromatic N) is 8. The molecule has 60 heavy (non-hydrogen) atoms. The number of H-pyrrole nitrogens is 1. The summed E-state index contributed by atoms with van der Waals surface area (Å²) in [6.07, 6.45) is 10.4. The number of ether oxygens (including phenoxy) is 1. The van der Waals surface area contributed by atoms with Crippen LogP contribution in [0.5, 0.6) is 5.75 Å². The van der Waals surface area contributed by atoms with Gasteiger partial charge in [0.25, 0.3) is 5.91 Å². The molecule has 2 aromatic carbocycles. The van der Waals surface area contributed by atoms with Gasteiger partial charge < -0.3 is 29.2 Å². The third kappa shape index (κ3) is 8.80. The zero-order valence-electron chi connectivity index (χ0n) is 34.6. The molecule has 324 valence electrons. The summed E-state index contributed by atoms with van der Waals surface area (Å²) in [6, 6.07) is 10.8. The number of aromatic amines is 1. The van der Waals surface area contributed by atoms with Gasteiger partial charge in [-0.15, -0.1) is 0 Å². The number of benzene rings is 2. The van der Waals surface area contributed by atoms with Crippen molar-refractivity contribution >= 4 is 40.1 Å². The summed E-state index contributed by atoms with van der Waals surface area (Å²) in [4.78, 5) is 56.2. The fourth-order valence-electron chi connectivity index (χ4n) is 9.20. The number of nitrogens with one attached hydrogen (secondary N) is 2. The van der Waals surface area contributed by atoms with Crippen molar-refractivity contribution < 1.29 is 31.1 Å². The Labute approximate surface area is 352 Å². The number of carbonyl (C=O) groups is 3. The summed E-state index contributed by atoms with van der Waals surface area (Å²) >= 11 is 0. The number of piperidine rings is 3. The van der Waals surface area contributed by atoms with E-state index < -0.39 is 11.9 Å². The van der Waals surface area contributed by atoms with Crippen LogP contribution in [0.3, 0.4) is 0 Å². The van der Waals surface area contributed by atoms with E-state index in [2.05, 4.69) is 65.1 Å². The maximum atomic E-state index is 15.5. The molecule has 16 heteroatoms. The molecule has 7 heterocycles. The maximum absolute atomic E-state index is 15.5. The molecule has 1 atom stereocenters. The van der Waals surface area contributed by atoms with Gasteiger partial charge in [-0.2, -0.15) is 5.10 Å². The molecule has 10 rings (SSSR count). The lowest BCUT2D eigenvalue weighted by Crippen LogP contribution is -2.52. The van der Waals surface area contributed by atoms with Gasteiger partial charge in [-0.05, 0) is 108 Å². The number of amides is 3. The molecule has 2 N–H and O–H groups in total. The van der Waals surface area contributed by atoms with Crippen molar-refractivity contribution in [3.63, 3.8) is 0 Å².